The monoisotopic (exact) mass is 1060 g/mol. The standard InChI is InChI=1S/C23H21F6N3O3.C22H19F6N3O3.C4H8O/c1-4-6-15-18(10-8-16-20(15)35-31-21(16)22(24,25)26)33-12-5-11-32(3)17-9-7-14(30-2)13-19(17)34-23(27,28)29;1-3-5-14-17(9-7-15-19(14)34-31-20(15)21(23,24)25)32-11-4-10-30-16-8-6-13(29-2)12-18(16)33-22(26,27)28;1-2-4-5-3-1/h7-10,13H,4-6,11-12H2,1,3H3;6-9,12,30H,3-5,10-11H2,1H3;1-4H2. The molecule has 400 valence electrons. The number of hydrogen-bond acceptors (Lipinski definition) is 11. The third kappa shape index (κ3) is 16.4. The first-order valence-corrected chi connectivity index (χ1v) is 22.8. The summed E-state index contributed by atoms with van der Waals surface area (Å²) in [4.78, 5) is 7.73. The van der Waals surface area contributed by atoms with E-state index in [4.69, 9.17) is 36.4 Å². The molecule has 13 nitrogen and oxygen atoms in total. The average Bonchev–Trinajstić information content (AvgIpc) is 4.14. The number of rotatable bonds is 18. The van der Waals surface area contributed by atoms with E-state index in [1.807, 2.05) is 13.8 Å². The van der Waals surface area contributed by atoms with Crippen molar-refractivity contribution in [2.24, 2.45) is 0 Å². The number of halogens is 12. The highest BCUT2D eigenvalue weighted by Crippen LogP contribution is 2.41. The van der Waals surface area contributed by atoms with Gasteiger partial charge in [0, 0.05) is 44.5 Å². The van der Waals surface area contributed by atoms with Crippen molar-refractivity contribution in [3.8, 4) is 23.0 Å². The van der Waals surface area contributed by atoms with E-state index in [0.717, 1.165) is 25.3 Å². The number of ether oxygens (including phenoxy) is 5. The third-order valence-electron chi connectivity index (χ3n) is 10.6. The summed E-state index contributed by atoms with van der Waals surface area (Å²) in [5, 5.41) is 8.85. The summed E-state index contributed by atoms with van der Waals surface area (Å²) in [7, 11) is 1.57. The van der Waals surface area contributed by atoms with Gasteiger partial charge in [-0.1, -0.05) is 49.1 Å². The molecule has 0 saturated carbocycles. The highest BCUT2D eigenvalue weighted by molar-refractivity contribution is 5.86. The second-order valence-electron chi connectivity index (χ2n) is 16.1. The van der Waals surface area contributed by atoms with E-state index in [2.05, 4.69) is 34.8 Å². The minimum atomic E-state index is -4.92. The van der Waals surface area contributed by atoms with Gasteiger partial charge in [0.1, 0.15) is 23.0 Å². The first-order chi connectivity index (χ1) is 35.0. The van der Waals surface area contributed by atoms with Crippen molar-refractivity contribution in [3.05, 3.63) is 106 Å². The van der Waals surface area contributed by atoms with Gasteiger partial charge in [-0.25, -0.2) is 9.69 Å². The number of aromatic nitrogens is 2. The molecule has 74 heavy (non-hydrogen) atoms. The average molecular weight is 1060 g/mol. The van der Waals surface area contributed by atoms with E-state index in [9.17, 15) is 52.7 Å². The summed E-state index contributed by atoms with van der Waals surface area (Å²) in [5.41, 5.74) is -1.04. The summed E-state index contributed by atoms with van der Waals surface area (Å²) in [6, 6.07) is 12.8. The zero-order valence-electron chi connectivity index (χ0n) is 39.8. The van der Waals surface area contributed by atoms with Crippen LogP contribution in [0.4, 0.5) is 75.4 Å². The summed E-state index contributed by atoms with van der Waals surface area (Å²) < 4.78 is 190. The van der Waals surface area contributed by atoms with Crippen molar-refractivity contribution in [2.45, 2.75) is 90.3 Å². The predicted molar refractivity (Wildman–Crippen MR) is 247 cm³/mol. The molecule has 0 spiro atoms. The summed E-state index contributed by atoms with van der Waals surface area (Å²) in [5.74, 6) is -0.310. The van der Waals surface area contributed by atoms with Crippen molar-refractivity contribution in [1.82, 2.24) is 10.3 Å². The lowest BCUT2D eigenvalue weighted by Crippen LogP contribution is -2.23. The largest absolute Gasteiger partial charge is 0.573 e. The van der Waals surface area contributed by atoms with Crippen LogP contribution in [0.3, 0.4) is 0 Å². The minimum Gasteiger partial charge on any atom is -0.493 e. The number of alkyl halides is 12. The van der Waals surface area contributed by atoms with Crippen LogP contribution in [-0.2, 0) is 29.9 Å². The lowest BCUT2D eigenvalue weighted by atomic mass is 10.0. The molecule has 6 aromatic rings. The Balaban J connectivity index is 0.000000250. The third-order valence-corrected chi connectivity index (χ3v) is 10.6. The molecule has 0 radical (unpaired) electrons. The molecule has 2 aromatic heterocycles. The first-order valence-electron chi connectivity index (χ1n) is 22.8. The first kappa shape index (κ1) is 57.6. The molecule has 0 aliphatic carbocycles. The fraction of sp³-hybridized carbons (Fsp3) is 0.429. The number of nitrogens with zero attached hydrogens (tertiary/aromatic N) is 5. The zero-order chi connectivity index (χ0) is 54.3. The van der Waals surface area contributed by atoms with Gasteiger partial charge in [-0.3, -0.25) is 0 Å². The van der Waals surface area contributed by atoms with Crippen LogP contribution >= 0.6 is 0 Å². The SMILES string of the molecule is C1CCOC1.[C-]#[N+]c1ccc(N(C)CCCOc2ccc3c(C(F)(F)F)noc3c2CCC)c(OC(F)(F)F)c1.[C-]#[N+]c1ccc(NCCCOc2ccc3c(C(F)(F)F)noc3c2CCC)c(OC(F)(F)F)c1. The molecular formula is C49H48F12N6O7. The van der Waals surface area contributed by atoms with E-state index in [-0.39, 0.29) is 71.0 Å². The van der Waals surface area contributed by atoms with Crippen molar-refractivity contribution >= 4 is 44.7 Å². The fourth-order valence-corrected chi connectivity index (χ4v) is 7.36. The van der Waals surface area contributed by atoms with Crippen LogP contribution in [0, 0.1) is 13.1 Å². The van der Waals surface area contributed by atoms with E-state index < -0.39 is 48.0 Å². The van der Waals surface area contributed by atoms with Gasteiger partial charge in [0.2, 0.25) is 0 Å². The molecule has 1 aliphatic heterocycles. The molecule has 3 heterocycles. The molecule has 0 unspecified atom stereocenters. The Morgan fingerprint density at radius 2 is 1.09 bits per heavy atom. The maximum atomic E-state index is 13.2. The molecule has 1 fully saturated rings. The number of anilines is 2. The molecule has 1 N–H and O–H groups in total. The Morgan fingerprint density at radius 1 is 0.622 bits per heavy atom. The molecule has 7 rings (SSSR count). The molecule has 1 saturated heterocycles. The van der Waals surface area contributed by atoms with Crippen LogP contribution in [0.5, 0.6) is 23.0 Å². The van der Waals surface area contributed by atoms with Gasteiger partial charge >= 0.3 is 25.1 Å². The van der Waals surface area contributed by atoms with Crippen molar-refractivity contribution < 1.29 is 85.4 Å². The Hall–Kier alpha value is -7.28. The highest BCUT2D eigenvalue weighted by Gasteiger charge is 2.39. The van der Waals surface area contributed by atoms with Gasteiger partial charge in [0.25, 0.3) is 0 Å². The number of benzene rings is 4. The van der Waals surface area contributed by atoms with Crippen molar-refractivity contribution in [3.63, 3.8) is 0 Å². The molecule has 4 aromatic carbocycles. The molecule has 25 heteroatoms. The van der Waals surface area contributed by atoms with Gasteiger partial charge in [-0.15, -0.1) is 26.3 Å². The minimum absolute atomic E-state index is 0.00433. The van der Waals surface area contributed by atoms with Crippen LogP contribution in [0.2, 0.25) is 0 Å². The Labute approximate surface area is 415 Å². The molecule has 0 amide bonds. The summed E-state index contributed by atoms with van der Waals surface area (Å²) in [6.45, 7) is 20.4. The Morgan fingerprint density at radius 3 is 1.54 bits per heavy atom. The van der Waals surface area contributed by atoms with Gasteiger partial charge in [0.15, 0.2) is 33.9 Å². The maximum absolute atomic E-state index is 13.2. The van der Waals surface area contributed by atoms with Crippen molar-refractivity contribution in [2.75, 3.05) is 56.8 Å². The predicted octanol–water partition coefficient (Wildman–Crippen LogP) is 15.1. The normalized spacial score (nSPS) is 12.8. The number of hydrogen-bond donors (Lipinski definition) is 1. The van der Waals surface area contributed by atoms with Gasteiger partial charge in [-0.2, -0.15) is 26.3 Å². The molecule has 1 aliphatic rings. The summed E-state index contributed by atoms with van der Waals surface area (Å²) in [6.07, 6.45) is -13.8. The smallest absolute Gasteiger partial charge is 0.493 e. The van der Waals surface area contributed by atoms with Crippen LogP contribution < -0.4 is 29.2 Å². The molecular weight excluding hydrogens is 1010 g/mol. The second-order valence-corrected chi connectivity index (χ2v) is 16.1. The zero-order valence-corrected chi connectivity index (χ0v) is 39.8. The van der Waals surface area contributed by atoms with Crippen LogP contribution in [-0.4, -0.2) is 69.6 Å². The topological polar surface area (TPSA) is 122 Å². The van der Waals surface area contributed by atoms with E-state index >= 15 is 0 Å². The van der Waals surface area contributed by atoms with E-state index in [0.29, 0.717) is 61.2 Å². The lowest BCUT2D eigenvalue weighted by molar-refractivity contribution is -0.275. The van der Waals surface area contributed by atoms with E-state index in [1.54, 1.807) is 7.05 Å². The number of fused-ring (bicyclic) bond motifs is 2. The quantitative estimate of drug-likeness (QED) is 0.0503. The maximum Gasteiger partial charge on any atom is 0.573 e. The molecule has 0 bridgehead atoms. The fourth-order valence-electron chi connectivity index (χ4n) is 7.36. The lowest BCUT2D eigenvalue weighted by Gasteiger charge is -2.23. The van der Waals surface area contributed by atoms with Gasteiger partial charge in [-0.05, 0) is 87.1 Å². The summed E-state index contributed by atoms with van der Waals surface area (Å²) >= 11 is 0. The highest BCUT2D eigenvalue weighted by atomic mass is 19.4. The Kier molecular flexibility index (Phi) is 19.9. The van der Waals surface area contributed by atoms with Crippen molar-refractivity contribution in [1.29, 1.82) is 0 Å². The van der Waals surface area contributed by atoms with Gasteiger partial charge < -0.3 is 42.9 Å². The van der Waals surface area contributed by atoms with Crippen LogP contribution in [0.15, 0.2) is 69.7 Å². The Bertz CT molecular complexity index is 2860. The number of nitrogens with one attached hydrogen (secondary N) is 1. The van der Waals surface area contributed by atoms with E-state index in [1.165, 1.54) is 66.3 Å². The number of aryl methyl sites for hydroxylation is 2. The van der Waals surface area contributed by atoms with Crippen LogP contribution in [0.25, 0.3) is 31.6 Å². The molecule has 0 atom stereocenters. The van der Waals surface area contributed by atoms with Crippen LogP contribution in [0.1, 0.15) is 74.9 Å². The van der Waals surface area contributed by atoms with Gasteiger partial charge in [0.05, 0.1) is 48.5 Å². The second kappa shape index (κ2) is 25.6.